The first-order chi connectivity index (χ1) is 8.22. The van der Waals surface area contributed by atoms with E-state index >= 15 is 0 Å². The average molecular weight is 233 g/mol. The van der Waals surface area contributed by atoms with Crippen molar-refractivity contribution in [1.82, 2.24) is 5.32 Å². The molecule has 4 heteroatoms. The molecule has 0 aromatic heterocycles. The number of piperidine rings is 1. The van der Waals surface area contributed by atoms with E-state index in [-0.39, 0.29) is 5.82 Å². The van der Waals surface area contributed by atoms with Crippen molar-refractivity contribution in [3.8, 4) is 0 Å². The predicted octanol–water partition coefficient (Wildman–Crippen LogP) is 1.56. The van der Waals surface area contributed by atoms with Crippen LogP contribution in [-0.4, -0.2) is 25.8 Å². The molecule has 3 N–H and O–H groups in total. The van der Waals surface area contributed by atoms with Crippen LogP contribution in [0.25, 0.3) is 5.70 Å². The van der Waals surface area contributed by atoms with Crippen LogP contribution in [0.3, 0.4) is 0 Å². The van der Waals surface area contributed by atoms with Gasteiger partial charge in [-0.15, -0.1) is 0 Å². The number of nitrogens with two attached hydrogens (primary N) is 1. The third kappa shape index (κ3) is 2.53. The highest BCUT2D eigenvalue weighted by Gasteiger charge is 2.16. The summed E-state index contributed by atoms with van der Waals surface area (Å²) in [6.07, 6.45) is 0.857. The van der Waals surface area contributed by atoms with Gasteiger partial charge in [-0.3, -0.25) is 4.99 Å². The van der Waals surface area contributed by atoms with E-state index in [0.29, 0.717) is 5.70 Å². The van der Waals surface area contributed by atoms with Gasteiger partial charge in [-0.1, -0.05) is 0 Å². The molecule has 0 bridgehead atoms. The molecule has 17 heavy (non-hydrogen) atoms. The van der Waals surface area contributed by atoms with E-state index in [1.165, 1.54) is 12.1 Å². The standard InChI is InChI=1S/C13H16FN3/c1-16-12-8-17-7-6-11(12)13(15)9-2-4-10(14)5-3-9/h2-5,17H,6-8,15H2,1H3. The van der Waals surface area contributed by atoms with Crippen LogP contribution >= 0.6 is 0 Å². The summed E-state index contributed by atoms with van der Waals surface area (Å²) in [5, 5.41) is 3.25. The zero-order valence-electron chi connectivity index (χ0n) is 9.83. The SMILES string of the molecule is CN=C1CNCCC1=C(N)c1ccc(F)cc1. The van der Waals surface area contributed by atoms with Crippen molar-refractivity contribution < 1.29 is 4.39 Å². The molecule has 1 aliphatic heterocycles. The van der Waals surface area contributed by atoms with Crippen LogP contribution in [0.4, 0.5) is 4.39 Å². The fraction of sp³-hybridized carbons (Fsp3) is 0.308. The molecular weight excluding hydrogens is 217 g/mol. The van der Waals surface area contributed by atoms with Gasteiger partial charge in [-0.05, 0) is 48.4 Å². The van der Waals surface area contributed by atoms with Gasteiger partial charge in [-0.25, -0.2) is 4.39 Å². The number of halogens is 1. The average Bonchev–Trinajstić information content (AvgIpc) is 2.39. The molecule has 0 saturated carbocycles. The largest absolute Gasteiger partial charge is 0.398 e. The molecule has 90 valence electrons. The molecular formula is C13H16FN3. The molecule has 1 fully saturated rings. The molecule has 1 heterocycles. The van der Waals surface area contributed by atoms with E-state index < -0.39 is 0 Å². The summed E-state index contributed by atoms with van der Waals surface area (Å²) in [5.74, 6) is -0.249. The Balaban J connectivity index is 2.39. The van der Waals surface area contributed by atoms with Gasteiger partial charge in [0.2, 0.25) is 0 Å². The van der Waals surface area contributed by atoms with Crippen molar-refractivity contribution in [2.45, 2.75) is 6.42 Å². The van der Waals surface area contributed by atoms with Gasteiger partial charge >= 0.3 is 0 Å². The molecule has 3 nitrogen and oxygen atoms in total. The lowest BCUT2D eigenvalue weighted by Crippen LogP contribution is -2.33. The molecule has 2 rings (SSSR count). The van der Waals surface area contributed by atoms with Crippen molar-refractivity contribution in [2.24, 2.45) is 10.7 Å². The van der Waals surface area contributed by atoms with E-state index in [1.807, 2.05) is 0 Å². The number of benzene rings is 1. The van der Waals surface area contributed by atoms with Gasteiger partial charge < -0.3 is 11.1 Å². The maximum atomic E-state index is 12.8. The van der Waals surface area contributed by atoms with Gasteiger partial charge in [-0.2, -0.15) is 0 Å². The Morgan fingerprint density at radius 1 is 1.35 bits per heavy atom. The van der Waals surface area contributed by atoms with E-state index in [4.69, 9.17) is 5.73 Å². The first-order valence-electron chi connectivity index (χ1n) is 5.63. The zero-order chi connectivity index (χ0) is 12.3. The van der Waals surface area contributed by atoms with Crippen LogP contribution in [0.15, 0.2) is 34.8 Å². The summed E-state index contributed by atoms with van der Waals surface area (Å²) in [6, 6.07) is 6.25. The lowest BCUT2D eigenvalue weighted by Gasteiger charge is -2.20. The highest BCUT2D eigenvalue weighted by Crippen LogP contribution is 2.19. The maximum absolute atomic E-state index is 12.8. The number of aliphatic imine (C=N–C) groups is 1. The second-order valence-electron chi connectivity index (χ2n) is 4.00. The Bertz CT molecular complexity index is 460. The second-order valence-corrected chi connectivity index (χ2v) is 4.00. The topological polar surface area (TPSA) is 50.4 Å². The Morgan fingerprint density at radius 2 is 2.06 bits per heavy atom. The van der Waals surface area contributed by atoms with Crippen molar-refractivity contribution >= 4 is 11.4 Å². The van der Waals surface area contributed by atoms with Gasteiger partial charge in [0.25, 0.3) is 0 Å². The molecule has 1 aromatic rings. The minimum atomic E-state index is -0.249. The fourth-order valence-corrected chi connectivity index (χ4v) is 1.98. The summed E-state index contributed by atoms with van der Waals surface area (Å²) in [4.78, 5) is 4.24. The normalized spacial score (nSPS) is 21.6. The van der Waals surface area contributed by atoms with Crippen LogP contribution in [0.1, 0.15) is 12.0 Å². The molecule has 0 radical (unpaired) electrons. The Kier molecular flexibility index (Phi) is 3.54. The van der Waals surface area contributed by atoms with Crippen molar-refractivity contribution in [1.29, 1.82) is 0 Å². The molecule has 1 aliphatic rings. The highest BCUT2D eigenvalue weighted by atomic mass is 19.1. The first kappa shape index (κ1) is 11.8. The predicted molar refractivity (Wildman–Crippen MR) is 68.4 cm³/mol. The van der Waals surface area contributed by atoms with Gasteiger partial charge in [0.15, 0.2) is 0 Å². The first-order valence-corrected chi connectivity index (χ1v) is 5.63. The van der Waals surface area contributed by atoms with Crippen LogP contribution in [-0.2, 0) is 0 Å². The number of nitrogens with one attached hydrogen (secondary N) is 1. The molecule has 1 saturated heterocycles. The molecule has 1 aromatic carbocycles. The molecule has 0 aliphatic carbocycles. The Hall–Kier alpha value is -1.68. The van der Waals surface area contributed by atoms with Gasteiger partial charge in [0.1, 0.15) is 5.82 Å². The molecule has 0 amide bonds. The number of rotatable bonds is 1. The van der Waals surface area contributed by atoms with Crippen LogP contribution < -0.4 is 11.1 Å². The van der Waals surface area contributed by atoms with Crippen molar-refractivity contribution in [2.75, 3.05) is 20.1 Å². The lowest BCUT2D eigenvalue weighted by molar-refractivity contribution is 0.627. The number of hydrogen-bond acceptors (Lipinski definition) is 3. The van der Waals surface area contributed by atoms with Crippen molar-refractivity contribution in [3.05, 3.63) is 41.2 Å². The Labute approximate surface area is 100 Å². The van der Waals surface area contributed by atoms with E-state index in [2.05, 4.69) is 10.3 Å². The quantitative estimate of drug-likeness (QED) is 0.773. The minimum Gasteiger partial charge on any atom is -0.398 e. The van der Waals surface area contributed by atoms with Crippen molar-refractivity contribution in [3.63, 3.8) is 0 Å². The van der Waals surface area contributed by atoms with E-state index in [1.54, 1.807) is 19.2 Å². The van der Waals surface area contributed by atoms with Crippen LogP contribution in [0, 0.1) is 5.82 Å². The minimum absolute atomic E-state index is 0.249. The van der Waals surface area contributed by atoms with E-state index in [9.17, 15) is 4.39 Å². The molecule has 0 unspecified atom stereocenters. The third-order valence-electron chi connectivity index (χ3n) is 2.94. The Morgan fingerprint density at radius 3 is 2.71 bits per heavy atom. The van der Waals surface area contributed by atoms with Crippen LogP contribution in [0.2, 0.25) is 0 Å². The van der Waals surface area contributed by atoms with Gasteiger partial charge in [0.05, 0.1) is 5.71 Å². The zero-order valence-corrected chi connectivity index (χ0v) is 9.83. The monoisotopic (exact) mass is 233 g/mol. The number of nitrogens with zero attached hydrogens (tertiary/aromatic N) is 1. The molecule has 0 spiro atoms. The number of hydrogen-bond donors (Lipinski definition) is 2. The molecule has 0 atom stereocenters. The highest BCUT2D eigenvalue weighted by molar-refractivity contribution is 6.07. The smallest absolute Gasteiger partial charge is 0.123 e. The maximum Gasteiger partial charge on any atom is 0.123 e. The third-order valence-corrected chi connectivity index (χ3v) is 2.94. The van der Waals surface area contributed by atoms with Gasteiger partial charge in [0, 0.05) is 19.3 Å². The lowest BCUT2D eigenvalue weighted by atomic mass is 9.97. The summed E-state index contributed by atoms with van der Waals surface area (Å²) >= 11 is 0. The summed E-state index contributed by atoms with van der Waals surface area (Å²) in [5.41, 5.74) is 9.74. The summed E-state index contributed by atoms with van der Waals surface area (Å²) < 4.78 is 12.8. The fourth-order valence-electron chi connectivity index (χ4n) is 1.98. The summed E-state index contributed by atoms with van der Waals surface area (Å²) in [6.45, 7) is 1.64. The summed E-state index contributed by atoms with van der Waals surface area (Å²) in [7, 11) is 1.76. The second kappa shape index (κ2) is 5.10. The van der Waals surface area contributed by atoms with E-state index in [0.717, 1.165) is 36.4 Å². The van der Waals surface area contributed by atoms with Crippen LogP contribution in [0.5, 0.6) is 0 Å².